The summed E-state index contributed by atoms with van der Waals surface area (Å²) in [6.07, 6.45) is 0. The van der Waals surface area contributed by atoms with Gasteiger partial charge in [0.05, 0.1) is 0 Å². The molecule has 0 amide bonds. The van der Waals surface area contributed by atoms with Crippen LogP contribution in [0.15, 0.2) is 18.2 Å². The molecule has 0 aliphatic heterocycles. The van der Waals surface area contributed by atoms with Gasteiger partial charge in [-0.2, -0.15) is 0 Å². The molecule has 0 aromatic heterocycles. The normalized spacial score (nSPS) is 9.79. The molecule has 14 heavy (non-hydrogen) atoms. The van der Waals surface area contributed by atoms with Crippen molar-refractivity contribution in [2.24, 2.45) is 5.73 Å². The van der Waals surface area contributed by atoms with Crippen molar-refractivity contribution < 1.29 is 14.6 Å². The van der Waals surface area contributed by atoms with Gasteiger partial charge < -0.3 is 21.3 Å². The molecule has 0 radical (unpaired) electrons. The number of carbonyl (C=O) groups is 1. The second kappa shape index (κ2) is 4.48. The lowest BCUT2D eigenvalue weighted by molar-refractivity contribution is 0.0692. The van der Waals surface area contributed by atoms with Crippen LogP contribution in [0, 0.1) is 0 Å². The van der Waals surface area contributed by atoms with E-state index in [1.807, 2.05) is 0 Å². The Bertz CT molecular complexity index is 339. The molecule has 0 saturated heterocycles. The van der Waals surface area contributed by atoms with E-state index in [-0.39, 0.29) is 17.9 Å². The van der Waals surface area contributed by atoms with Crippen molar-refractivity contribution in [3.8, 4) is 5.75 Å². The first-order valence-corrected chi connectivity index (χ1v) is 4.11. The number of carboxylic acid groups (broad SMARTS) is 1. The maximum Gasteiger partial charge on any atom is 0.339 e. The molecule has 1 aromatic rings. The van der Waals surface area contributed by atoms with Gasteiger partial charge in [-0.1, -0.05) is 0 Å². The molecular weight excluding hydrogens is 184 g/mol. The van der Waals surface area contributed by atoms with Crippen molar-refractivity contribution in [3.05, 3.63) is 23.8 Å². The van der Waals surface area contributed by atoms with Crippen molar-refractivity contribution in [2.45, 2.75) is 0 Å². The zero-order chi connectivity index (χ0) is 10.6. The summed E-state index contributed by atoms with van der Waals surface area (Å²) in [4.78, 5) is 10.8. The summed E-state index contributed by atoms with van der Waals surface area (Å²) in [6.45, 7) is 0.619. The van der Waals surface area contributed by atoms with E-state index in [1.54, 1.807) is 6.07 Å². The third-order valence-electron chi connectivity index (χ3n) is 1.61. The van der Waals surface area contributed by atoms with E-state index in [9.17, 15) is 4.79 Å². The molecule has 0 spiro atoms. The fourth-order valence-electron chi connectivity index (χ4n) is 1.01. The molecule has 5 nitrogen and oxygen atoms in total. The maximum atomic E-state index is 10.8. The second-order valence-electron chi connectivity index (χ2n) is 2.70. The van der Waals surface area contributed by atoms with Gasteiger partial charge in [-0.15, -0.1) is 0 Å². The molecule has 0 aliphatic carbocycles. The largest absolute Gasteiger partial charge is 0.491 e. The Balaban J connectivity index is 2.96. The third-order valence-corrected chi connectivity index (χ3v) is 1.61. The molecule has 0 bridgehead atoms. The molecule has 76 valence electrons. The summed E-state index contributed by atoms with van der Waals surface area (Å²) in [7, 11) is 0. The SMILES string of the molecule is NCCOc1ccc(N)cc1C(=O)O. The van der Waals surface area contributed by atoms with E-state index >= 15 is 0 Å². The smallest absolute Gasteiger partial charge is 0.339 e. The van der Waals surface area contributed by atoms with Crippen LogP contribution in [0.25, 0.3) is 0 Å². The zero-order valence-corrected chi connectivity index (χ0v) is 7.56. The standard InChI is InChI=1S/C9H12N2O3/c10-3-4-14-8-2-1-6(11)5-7(8)9(12)13/h1-2,5H,3-4,10-11H2,(H,12,13). The van der Waals surface area contributed by atoms with Gasteiger partial charge >= 0.3 is 5.97 Å². The average molecular weight is 196 g/mol. The van der Waals surface area contributed by atoms with Crippen molar-refractivity contribution in [1.29, 1.82) is 0 Å². The first-order valence-electron chi connectivity index (χ1n) is 4.11. The first kappa shape index (κ1) is 10.3. The van der Waals surface area contributed by atoms with Gasteiger partial charge in [0.25, 0.3) is 0 Å². The number of aromatic carboxylic acids is 1. The van der Waals surface area contributed by atoms with Crippen LogP contribution in [0.1, 0.15) is 10.4 Å². The minimum Gasteiger partial charge on any atom is -0.491 e. The number of nitrogens with two attached hydrogens (primary N) is 2. The topological polar surface area (TPSA) is 98.6 Å². The number of hydrogen-bond acceptors (Lipinski definition) is 4. The van der Waals surface area contributed by atoms with Crippen molar-refractivity contribution in [1.82, 2.24) is 0 Å². The summed E-state index contributed by atoms with van der Waals surface area (Å²) in [5, 5.41) is 8.82. The van der Waals surface area contributed by atoms with Crippen LogP contribution < -0.4 is 16.2 Å². The van der Waals surface area contributed by atoms with Crippen LogP contribution in [0.4, 0.5) is 5.69 Å². The van der Waals surface area contributed by atoms with E-state index in [0.717, 1.165) is 0 Å². The lowest BCUT2D eigenvalue weighted by Gasteiger charge is -2.08. The first-order chi connectivity index (χ1) is 6.65. The van der Waals surface area contributed by atoms with Crippen LogP contribution in [-0.2, 0) is 0 Å². The molecule has 0 fully saturated rings. The van der Waals surface area contributed by atoms with Gasteiger partial charge in [0.15, 0.2) is 0 Å². The van der Waals surface area contributed by atoms with Crippen molar-refractivity contribution in [2.75, 3.05) is 18.9 Å². The fourth-order valence-corrected chi connectivity index (χ4v) is 1.01. The molecule has 0 unspecified atom stereocenters. The van der Waals surface area contributed by atoms with Gasteiger partial charge in [-0.3, -0.25) is 0 Å². The molecular formula is C9H12N2O3. The highest BCUT2D eigenvalue weighted by Crippen LogP contribution is 2.21. The minimum absolute atomic E-state index is 0.0541. The van der Waals surface area contributed by atoms with Crippen LogP contribution in [0.5, 0.6) is 5.75 Å². The molecule has 1 aromatic carbocycles. The minimum atomic E-state index is -1.07. The summed E-state index contributed by atoms with van der Waals surface area (Å²) < 4.78 is 5.14. The molecule has 0 heterocycles. The van der Waals surface area contributed by atoms with E-state index < -0.39 is 5.97 Å². The molecule has 1 rings (SSSR count). The predicted molar refractivity (Wildman–Crippen MR) is 52.4 cm³/mol. The highest BCUT2D eigenvalue weighted by Gasteiger charge is 2.10. The summed E-state index contributed by atoms with van der Waals surface area (Å²) in [5.41, 5.74) is 11.1. The van der Waals surface area contributed by atoms with Crippen LogP contribution in [0.3, 0.4) is 0 Å². The Morgan fingerprint density at radius 2 is 2.21 bits per heavy atom. The summed E-state index contributed by atoms with van der Waals surface area (Å²) in [5.74, 6) is -0.776. The van der Waals surface area contributed by atoms with Gasteiger partial charge in [-0.25, -0.2) is 4.79 Å². The number of anilines is 1. The highest BCUT2D eigenvalue weighted by atomic mass is 16.5. The van der Waals surface area contributed by atoms with Gasteiger partial charge in [0.1, 0.15) is 17.9 Å². The second-order valence-corrected chi connectivity index (χ2v) is 2.70. The third kappa shape index (κ3) is 2.37. The Morgan fingerprint density at radius 3 is 2.79 bits per heavy atom. The lowest BCUT2D eigenvalue weighted by atomic mass is 10.2. The molecule has 0 atom stereocenters. The monoisotopic (exact) mass is 196 g/mol. The maximum absolute atomic E-state index is 10.8. The molecule has 5 heteroatoms. The number of ether oxygens (including phenoxy) is 1. The van der Waals surface area contributed by atoms with Gasteiger partial charge in [0.2, 0.25) is 0 Å². The number of nitrogen functional groups attached to an aromatic ring is 1. The number of hydrogen-bond donors (Lipinski definition) is 3. The summed E-state index contributed by atoms with van der Waals surface area (Å²) in [6, 6.07) is 4.46. The predicted octanol–water partition coefficient (Wildman–Crippen LogP) is 0.304. The van der Waals surface area contributed by atoms with Crippen LogP contribution in [-0.4, -0.2) is 24.2 Å². The van der Waals surface area contributed by atoms with E-state index in [2.05, 4.69) is 0 Å². The fraction of sp³-hybridized carbons (Fsp3) is 0.222. The van der Waals surface area contributed by atoms with Gasteiger partial charge in [-0.05, 0) is 18.2 Å². The zero-order valence-electron chi connectivity index (χ0n) is 7.56. The quantitative estimate of drug-likeness (QED) is 0.602. The Morgan fingerprint density at radius 1 is 1.50 bits per heavy atom. The molecule has 0 saturated carbocycles. The van der Waals surface area contributed by atoms with Crippen LogP contribution in [0.2, 0.25) is 0 Å². The van der Waals surface area contributed by atoms with Gasteiger partial charge in [0, 0.05) is 12.2 Å². The van der Waals surface area contributed by atoms with E-state index in [4.69, 9.17) is 21.3 Å². The number of rotatable bonds is 4. The number of benzene rings is 1. The Hall–Kier alpha value is -1.75. The van der Waals surface area contributed by atoms with Crippen molar-refractivity contribution >= 4 is 11.7 Å². The highest BCUT2D eigenvalue weighted by molar-refractivity contribution is 5.92. The Kier molecular flexibility index (Phi) is 3.30. The van der Waals surface area contributed by atoms with E-state index in [1.165, 1.54) is 12.1 Å². The molecule has 5 N–H and O–H groups in total. The van der Waals surface area contributed by atoms with Crippen LogP contribution >= 0.6 is 0 Å². The lowest BCUT2D eigenvalue weighted by Crippen LogP contribution is -2.12. The molecule has 0 aliphatic rings. The van der Waals surface area contributed by atoms with Crippen molar-refractivity contribution in [3.63, 3.8) is 0 Å². The summed E-state index contributed by atoms with van der Waals surface area (Å²) >= 11 is 0. The average Bonchev–Trinajstić information content (AvgIpc) is 2.15. The van der Waals surface area contributed by atoms with E-state index in [0.29, 0.717) is 12.2 Å². The Labute approximate surface area is 81.3 Å². The number of carboxylic acids is 1.